The number of benzene rings is 1. The Bertz CT molecular complexity index is 685. The SMILES string of the molecule is COc1ccc(CC(=O)NC(C([NH])=O)c2cccs2)cc1OC. The van der Waals surface area contributed by atoms with Crippen LogP contribution in [0.5, 0.6) is 11.5 Å². The zero-order valence-corrected chi connectivity index (χ0v) is 13.6. The Morgan fingerprint density at radius 2 is 1.96 bits per heavy atom. The van der Waals surface area contributed by atoms with Gasteiger partial charge in [-0.3, -0.25) is 15.3 Å². The lowest BCUT2D eigenvalue weighted by atomic mass is 10.1. The molecule has 0 aliphatic heterocycles. The van der Waals surface area contributed by atoms with Gasteiger partial charge in [0, 0.05) is 4.88 Å². The third-order valence-electron chi connectivity index (χ3n) is 3.21. The van der Waals surface area contributed by atoms with Crippen molar-refractivity contribution in [3.8, 4) is 11.5 Å². The number of hydrogen-bond acceptors (Lipinski definition) is 5. The number of ether oxygens (including phenoxy) is 2. The van der Waals surface area contributed by atoms with Gasteiger partial charge in [0.25, 0.3) is 5.91 Å². The molecule has 1 atom stereocenters. The summed E-state index contributed by atoms with van der Waals surface area (Å²) in [5.74, 6) is -0.0667. The van der Waals surface area contributed by atoms with Gasteiger partial charge in [-0.05, 0) is 29.1 Å². The van der Waals surface area contributed by atoms with Crippen molar-refractivity contribution in [2.45, 2.75) is 12.5 Å². The summed E-state index contributed by atoms with van der Waals surface area (Å²) in [4.78, 5) is 24.2. The van der Waals surface area contributed by atoms with Crippen molar-refractivity contribution in [2.24, 2.45) is 0 Å². The maximum absolute atomic E-state index is 12.2. The van der Waals surface area contributed by atoms with E-state index in [-0.39, 0.29) is 12.3 Å². The molecule has 7 heteroatoms. The molecular weight excluding hydrogens is 316 g/mol. The second-order valence-electron chi connectivity index (χ2n) is 4.75. The smallest absolute Gasteiger partial charge is 0.266 e. The maximum Gasteiger partial charge on any atom is 0.266 e. The highest BCUT2D eigenvalue weighted by molar-refractivity contribution is 7.10. The van der Waals surface area contributed by atoms with Gasteiger partial charge >= 0.3 is 0 Å². The summed E-state index contributed by atoms with van der Waals surface area (Å²) in [6.07, 6.45) is 0.0789. The zero-order chi connectivity index (χ0) is 16.8. The van der Waals surface area contributed by atoms with E-state index in [4.69, 9.17) is 15.2 Å². The number of carbonyl (C=O) groups is 2. The van der Waals surface area contributed by atoms with Gasteiger partial charge in [0.1, 0.15) is 6.04 Å². The minimum atomic E-state index is -0.928. The summed E-state index contributed by atoms with van der Waals surface area (Å²) in [6.45, 7) is 0. The van der Waals surface area contributed by atoms with Crippen LogP contribution in [0.3, 0.4) is 0 Å². The molecule has 121 valence electrons. The van der Waals surface area contributed by atoms with Gasteiger partial charge in [0.15, 0.2) is 11.5 Å². The van der Waals surface area contributed by atoms with E-state index in [1.54, 1.807) is 35.7 Å². The molecule has 0 aliphatic carbocycles. The van der Waals surface area contributed by atoms with Crippen molar-refractivity contribution in [1.82, 2.24) is 11.1 Å². The molecule has 1 aromatic carbocycles. The van der Waals surface area contributed by atoms with E-state index < -0.39 is 11.9 Å². The lowest BCUT2D eigenvalue weighted by Gasteiger charge is -2.14. The van der Waals surface area contributed by atoms with Crippen molar-refractivity contribution < 1.29 is 19.1 Å². The lowest BCUT2D eigenvalue weighted by Crippen LogP contribution is -2.34. The summed E-state index contributed by atoms with van der Waals surface area (Å²) in [6, 6.07) is 7.75. The quantitative estimate of drug-likeness (QED) is 0.839. The summed E-state index contributed by atoms with van der Waals surface area (Å²) in [7, 11) is 3.06. The molecule has 0 spiro atoms. The summed E-state index contributed by atoms with van der Waals surface area (Å²) >= 11 is 1.33. The molecule has 0 saturated carbocycles. The predicted molar refractivity (Wildman–Crippen MR) is 86.6 cm³/mol. The van der Waals surface area contributed by atoms with Crippen LogP contribution < -0.4 is 20.5 Å². The normalized spacial score (nSPS) is 11.6. The van der Waals surface area contributed by atoms with Crippen molar-refractivity contribution in [2.75, 3.05) is 14.2 Å². The molecule has 1 radical (unpaired) electrons. The number of nitrogens with one attached hydrogen (secondary N) is 2. The van der Waals surface area contributed by atoms with E-state index in [9.17, 15) is 9.59 Å². The Morgan fingerprint density at radius 3 is 2.52 bits per heavy atom. The largest absolute Gasteiger partial charge is 0.493 e. The van der Waals surface area contributed by atoms with Crippen LogP contribution in [0.15, 0.2) is 35.7 Å². The van der Waals surface area contributed by atoms with Gasteiger partial charge in [0.05, 0.1) is 20.6 Å². The first kappa shape index (κ1) is 16.8. The standard InChI is InChI=1S/C16H17N2O4S/c1-21-11-6-5-10(8-12(11)22-2)9-14(19)18-15(16(17)20)13-4-3-7-23-13/h3-8,15,17H,9H2,1-2H3,(H,18,19). The monoisotopic (exact) mass is 333 g/mol. The van der Waals surface area contributed by atoms with E-state index >= 15 is 0 Å². The number of thiophene rings is 1. The molecule has 2 rings (SSSR count). The maximum atomic E-state index is 12.2. The van der Waals surface area contributed by atoms with Crippen molar-refractivity contribution in [3.63, 3.8) is 0 Å². The highest BCUT2D eigenvalue weighted by Crippen LogP contribution is 2.27. The van der Waals surface area contributed by atoms with Crippen molar-refractivity contribution in [3.05, 3.63) is 46.2 Å². The Morgan fingerprint density at radius 1 is 1.22 bits per heavy atom. The average Bonchev–Trinajstić information content (AvgIpc) is 3.06. The predicted octanol–water partition coefficient (Wildman–Crippen LogP) is 1.97. The Labute approximate surface area is 138 Å². The number of rotatable bonds is 7. The van der Waals surface area contributed by atoms with Gasteiger partial charge in [-0.2, -0.15) is 0 Å². The van der Waals surface area contributed by atoms with Crippen LogP contribution in [0.4, 0.5) is 0 Å². The molecule has 2 aromatic rings. The Hall–Kier alpha value is -2.54. The summed E-state index contributed by atoms with van der Waals surface area (Å²) < 4.78 is 10.3. The third kappa shape index (κ3) is 4.23. The van der Waals surface area contributed by atoms with Gasteiger partial charge < -0.3 is 14.8 Å². The van der Waals surface area contributed by atoms with E-state index in [1.165, 1.54) is 25.6 Å². The Kier molecular flexibility index (Phi) is 5.59. The molecule has 1 aromatic heterocycles. The average molecular weight is 333 g/mol. The highest BCUT2D eigenvalue weighted by atomic mass is 32.1. The molecular formula is C16H17N2O4S. The molecule has 2 N–H and O–H groups in total. The first-order valence-corrected chi connectivity index (χ1v) is 7.72. The van der Waals surface area contributed by atoms with Gasteiger partial charge in [-0.15, -0.1) is 11.3 Å². The number of methoxy groups -OCH3 is 2. The van der Waals surface area contributed by atoms with E-state index in [0.717, 1.165) is 5.56 Å². The molecule has 0 fully saturated rings. The fraction of sp³-hybridized carbons (Fsp3) is 0.250. The van der Waals surface area contributed by atoms with Crippen LogP contribution in [0, 0.1) is 0 Å². The van der Waals surface area contributed by atoms with Crippen LogP contribution in [0.25, 0.3) is 0 Å². The van der Waals surface area contributed by atoms with E-state index in [2.05, 4.69) is 5.32 Å². The third-order valence-corrected chi connectivity index (χ3v) is 4.15. The van der Waals surface area contributed by atoms with Crippen LogP contribution in [0.2, 0.25) is 0 Å². The molecule has 6 nitrogen and oxygen atoms in total. The fourth-order valence-corrected chi connectivity index (χ4v) is 2.88. The zero-order valence-electron chi connectivity index (χ0n) is 12.8. The van der Waals surface area contributed by atoms with Crippen molar-refractivity contribution in [1.29, 1.82) is 0 Å². The lowest BCUT2D eigenvalue weighted by molar-refractivity contribution is -0.127. The molecule has 0 bridgehead atoms. The molecule has 0 aliphatic rings. The highest BCUT2D eigenvalue weighted by Gasteiger charge is 2.22. The minimum Gasteiger partial charge on any atom is -0.493 e. The summed E-state index contributed by atoms with van der Waals surface area (Å²) in [5, 5.41) is 4.39. The van der Waals surface area contributed by atoms with Crippen molar-refractivity contribution >= 4 is 23.2 Å². The van der Waals surface area contributed by atoms with E-state index in [0.29, 0.717) is 16.4 Å². The number of hydrogen-bond donors (Lipinski definition) is 1. The first-order valence-electron chi connectivity index (χ1n) is 6.84. The van der Waals surface area contributed by atoms with Crippen LogP contribution in [-0.2, 0) is 16.0 Å². The van der Waals surface area contributed by atoms with Gasteiger partial charge in [0.2, 0.25) is 5.91 Å². The number of carbonyl (C=O) groups excluding carboxylic acids is 2. The fourth-order valence-electron chi connectivity index (χ4n) is 2.11. The topological polar surface area (TPSA) is 88.4 Å². The minimum absolute atomic E-state index is 0.0789. The van der Waals surface area contributed by atoms with Crippen LogP contribution in [-0.4, -0.2) is 26.0 Å². The molecule has 23 heavy (non-hydrogen) atoms. The van der Waals surface area contributed by atoms with Crippen LogP contribution in [0.1, 0.15) is 16.5 Å². The van der Waals surface area contributed by atoms with Crippen LogP contribution >= 0.6 is 11.3 Å². The molecule has 0 saturated heterocycles. The molecule has 1 heterocycles. The van der Waals surface area contributed by atoms with E-state index in [1.807, 2.05) is 0 Å². The molecule has 2 amide bonds. The Balaban J connectivity index is 2.08. The summed E-state index contributed by atoms with van der Waals surface area (Å²) in [5.41, 5.74) is 8.04. The molecule has 1 unspecified atom stereocenters. The van der Waals surface area contributed by atoms with Gasteiger partial charge in [-0.1, -0.05) is 12.1 Å². The second kappa shape index (κ2) is 7.64. The first-order chi connectivity index (χ1) is 11.0. The number of amides is 2. The van der Waals surface area contributed by atoms with Gasteiger partial charge in [-0.25, -0.2) is 0 Å². The second-order valence-corrected chi connectivity index (χ2v) is 5.73.